The molecule has 0 saturated carbocycles. The fourth-order valence-electron chi connectivity index (χ4n) is 4.13. The topological polar surface area (TPSA) is 72.5 Å². The number of rotatable bonds is 8. The molecule has 1 saturated heterocycles. The van der Waals surface area contributed by atoms with E-state index in [4.69, 9.17) is 14.5 Å². The van der Waals surface area contributed by atoms with Gasteiger partial charge in [-0.15, -0.1) is 0 Å². The van der Waals surface area contributed by atoms with E-state index in [9.17, 15) is 8.60 Å². The van der Waals surface area contributed by atoms with Gasteiger partial charge in [-0.3, -0.25) is 4.72 Å². The Kier molecular flexibility index (Phi) is 7.85. The first-order chi connectivity index (χ1) is 16.4. The number of para-hydroxylation sites is 1. The fourth-order valence-corrected chi connectivity index (χ4v) is 6.31. The summed E-state index contributed by atoms with van der Waals surface area (Å²) in [6.07, 6.45) is 2.10. The first-order valence-electron chi connectivity index (χ1n) is 11.3. The molecule has 0 amide bonds. The van der Waals surface area contributed by atoms with Gasteiger partial charge < -0.3 is 14.8 Å². The Bertz CT molecular complexity index is 1160. The Labute approximate surface area is 206 Å². The summed E-state index contributed by atoms with van der Waals surface area (Å²) in [7, 11) is -0.192. The number of halogens is 1. The van der Waals surface area contributed by atoms with Crippen molar-refractivity contribution in [2.45, 2.75) is 44.6 Å². The third-order valence-corrected chi connectivity index (χ3v) is 8.41. The van der Waals surface area contributed by atoms with Crippen molar-refractivity contribution in [1.29, 1.82) is 0 Å². The molecule has 182 valence electrons. The van der Waals surface area contributed by atoms with Crippen LogP contribution in [-0.4, -0.2) is 35.6 Å². The summed E-state index contributed by atoms with van der Waals surface area (Å²) in [4.78, 5) is 6.17. The lowest BCUT2D eigenvalue weighted by Gasteiger charge is -2.28. The number of ether oxygens (including phenoxy) is 2. The van der Waals surface area contributed by atoms with Crippen molar-refractivity contribution in [3.8, 4) is 16.2 Å². The molecule has 0 aliphatic carbocycles. The maximum absolute atomic E-state index is 14.3. The monoisotopic (exact) mass is 503 g/mol. The molecule has 6 nitrogen and oxygen atoms in total. The van der Waals surface area contributed by atoms with Crippen molar-refractivity contribution in [2.75, 3.05) is 30.4 Å². The van der Waals surface area contributed by atoms with Crippen LogP contribution < -0.4 is 14.8 Å². The minimum absolute atomic E-state index is 0.218. The molecule has 2 heterocycles. The molecule has 1 aliphatic heterocycles. The molecule has 9 heteroatoms. The van der Waals surface area contributed by atoms with E-state index in [1.165, 1.54) is 13.2 Å². The predicted octanol–water partition coefficient (Wildman–Crippen LogP) is 5.94. The Balaban J connectivity index is 1.58. The zero-order valence-electron chi connectivity index (χ0n) is 19.8. The van der Waals surface area contributed by atoms with Gasteiger partial charge in [0.15, 0.2) is 16.1 Å². The van der Waals surface area contributed by atoms with Crippen molar-refractivity contribution >= 4 is 33.1 Å². The second kappa shape index (κ2) is 10.8. The van der Waals surface area contributed by atoms with Gasteiger partial charge in [-0.05, 0) is 74.9 Å². The Morgan fingerprint density at radius 1 is 1.24 bits per heavy atom. The molecule has 0 bridgehead atoms. The van der Waals surface area contributed by atoms with Crippen molar-refractivity contribution in [2.24, 2.45) is 5.92 Å². The molecule has 1 fully saturated rings. The smallest absolute Gasteiger partial charge is 0.183 e. The number of anilines is 2. The van der Waals surface area contributed by atoms with Gasteiger partial charge in [0.25, 0.3) is 0 Å². The molecular formula is C25H30FN3O3S2. The van der Waals surface area contributed by atoms with E-state index in [-0.39, 0.29) is 5.69 Å². The molecule has 2 aromatic carbocycles. The number of hydrogen-bond acceptors (Lipinski definition) is 6. The normalized spacial score (nSPS) is 16.1. The summed E-state index contributed by atoms with van der Waals surface area (Å²) in [6.45, 7) is 7.55. The van der Waals surface area contributed by atoms with Gasteiger partial charge in [0.05, 0.1) is 23.4 Å². The summed E-state index contributed by atoms with van der Waals surface area (Å²) < 4.78 is 41.3. The lowest BCUT2D eigenvalue weighted by molar-refractivity contribution is 0.0622. The van der Waals surface area contributed by atoms with Crippen LogP contribution in [-0.2, 0) is 15.7 Å². The summed E-state index contributed by atoms with van der Waals surface area (Å²) >= 11 is 1.57. The summed E-state index contributed by atoms with van der Waals surface area (Å²) in [5.41, 5.74) is 2.68. The summed E-state index contributed by atoms with van der Waals surface area (Å²) in [6, 6.07) is 10.6. The van der Waals surface area contributed by atoms with E-state index >= 15 is 0 Å². The molecule has 2 atom stereocenters. The van der Waals surface area contributed by atoms with Gasteiger partial charge in [0.1, 0.15) is 16.5 Å². The predicted molar refractivity (Wildman–Crippen MR) is 137 cm³/mol. The lowest BCUT2D eigenvalue weighted by Crippen LogP contribution is -2.30. The van der Waals surface area contributed by atoms with Crippen molar-refractivity contribution in [3.63, 3.8) is 0 Å². The van der Waals surface area contributed by atoms with Crippen LogP contribution in [0.2, 0.25) is 0 Å². The van der Waals surface area contributed by atoms with Crippen LogP contribution >= 0.6 is 11.3 Å². The van der Waals surface area contributed by atoms with Crippen LogP contribution in [0.4, 0.5) is 15.2 Å². The third kappa shape index (κ3) is 5.42. The average molecular weight is 504 g/mol. The number of nitrogens with zero attached hydrogens (tertiary/aromatic N) is 1. The molecule has 3 aromatic rings. The minimum Gasteiger partial charge on any atom is -0.495 e. The number of thiazole rings is 1. The molecule has 1 aliphatic rings. The van der Waals surface area contributed by atoms with Gasteiger partial charge in [0.2, 0.25) is 0 Å². The van der Waals surface area contributed by atoms with Crippen LogP contribution in [0.1, 0.15) is 31.0 Å². The van der Waals surface area contributed by atoms with E-state index < -0.39 is 16.8 Å². The molecule has 2 N–H and O–H groups in total. The number of hydrogen-bond donors (Lipinski definition) is 2. The number of aromatic nitrogens is 1. The zero-order chi connectivity index (χ0) is 24.2. The fraction of sp³-hybridized carbons (Fsp3) is 0.400. The maximum Gasteiger partial charge on any atom is 0.183 e. The van der Waals surface area contributed by atoms with Gasteiger partial charge >= 0.3 is 0 Å². The third-order valence-electron chi connectivity index (χ3n) is 6.16. The molecular weight excluding hydrogens is 473 g/mol. The largest absolute Gasteiger partial charge is 0.495 e. The molecule has 2 unspecified atom stereocenters. The number of aryl methyl sites for hydroxylation is 2. The summed E-state index contributed by atoms with van der Waals surface area (Å²) in [5.74, 6) is 0.581. The molecule has 34 heavy (non-hydrogen) atoms. The first kappa shape index (κ1) is 24.6. The first-order valence-corrected chi connectivity index (χ1v) is 13.3. The van der Waals surface area contributed by atoms with E-state index in [2.05, 4.69) is 17.0 Å². The minimum atomic E-state index is -1.72. The average Bonchev–Trinajstić information content (AvgIpc) is 3.21. The summed E-state index contributed by atoms with van der Waals surface area (Å²) in [5, 5.41) is 4.43. The Morgan fingerprint density at radius 3 is 2.71 bits per heavy atom. The van der Waals surface area contributed by atoms with Crippen LogP contribution in [0.25, 0.3) is 10.4 Å². The van der Waals surface area contributed by atoms with Crippen LogP contribution in [0.3, 0.4) is 0 Å². The Morgan fingerprint density at radius 2 is 2.00 bits per heavy atom. The number of benzene rings is 2. The van der Waals surface area contributed by atoms with Gasteiger partial charge in [-0.1, -0.05) is 23.5 Å². The SMILES string of the molecule is COc1ccc(-c2sc(NC(C)C3CCOCC3)nc2C)cc1S(=O)Nc1c(C)cccc1F. The highest BCUT2D eigenvalue weighted by atomic mass is 32.2. The standard InChI is InChI=1S/C25H30FN3O3S2/c1-15-6-5-7-20(26)23(15)29-34(30)22-14-19(8-9-21(22)31-4)24-17(3)28-25(33-24)27-16(2)18-10-12-32-13-11-18/h5-9,14,16,18,29H,10-13H2,1-4H3,(H,27,28). The molecule has 1 aromatic heterocycles. The molecule has 0 spiro atoms. The maximum atomic E-state index is 14.3. The Hall–Kier alpha value is -2.49. The number of nitrogens with one attached hydrogen (secondary N) is 2. The van der Waals surface area contributed by atoms with Crippen LogP contribution in [0.15, 0.2) is 41.3 Å². The van der Waals surface area contributed by atoms with Crippen molar-refractivity contribution in [1.82, 2.24) is 4.98 Å². The van der Waals surface area contributed by atoms with Gasteiger partial charge in [0, 0.05) is 19.3 Å². The van der Waals surface area contributed by atoms with Crippen LogP contribution in [0, 0.1) is 25.6 Å². The lowest BCUT2D eigenvalue weighted by atomic mass is 9.93. The molecule has 0 radical (unpaired) electrons. The second-order valence-electron chi connectivity index (χ2n) is 8.48. The highest BCUT2D eigenvalue weighted by Gasteiger charge is 2.22. The quantitative estimate of drug-likeness (QED) is 0.398. The second-order valence-corrected chi connectivity index (χ2v) is 10.7. The van der Waals surface area contributed by atoms with E-state index in [1.807, 2.05) is 19.1 Å². The van der Waals surface area contributed by atoms with E-state index in [0.717, 1.165) is 47.3 Å². The van der Waals surface area contributed by atoms with E-state index in [0.29, 0.717) is 28.2 Å². The van der Waals surface area contributed by atoms with Crippen molar-refractivity contribution in [3.05, 3.63) is 53.5 Å². The van der Waals surface area contributed by atoms with Gasteiger partial charge in [-0.25, -0.2) is 13.6 Å². The highest BCUT2D eigenvalue weighted by molar-refractivity contribution is 7.86. The zero-order valence-corrected chi connectivity index (χ0v) is 21.4. The van der Waals surface area contributed by atoms with Crippen molar-refractivity contribution < 1.29 is 18.1 Å². The van der Waals surface area contributed by atoms with E-state index in [1.54, 1.807) is 36.5 Å². The van der Waals surface area contributed by atoms with Gasteiger partial charge in [-0.2, -0.15) is 0 Å². The molecule has 4 rings (SSSR count). The van der Waals surface area contributed by atoms with Crippen LogP contribution in [0.5, 0.6) is 5.75 Å². The number of methoxy groups -OCH3 is 1. The highest BCUT2D eigenvalue weighted by Crippen LogP contribution is 2.37.